The maximum Gasteiger partial charge on any atom is 0.341 e. The van der Waals surface area contributed by atoms with Gasteiger partial charge in [0.2, 0.25) is 0 Å². The van der Waals surface area contributed by atoms with Gasteiger partial charge in [-0.2, -0.15) is 10.4 Å². The van der Waals surface area contributed by atoms with Crippen molar-refractivity contribution in [1.29, 1.82) is 5.26 Å². The fourth-order valence-corrected chi connectivity index (χ4v) is 1.81. The third kappa shape index (κ3) is 2.31. The first-order valence-corrected chi connectivity index (χ1v) is 5.56. The van der Waals surface area contributed by atoms with Crippen LogP contribution in [0.4, 0.5) is 0 Å². The summed E-state index contributed by atoms with van der Waals surface area (Å²) < 4.78 is 6.31. The van der Waals surface area contributed by atoms with Gasteiger partial charge >= 0.3 is 5.97 Å². The van der Waals surface area contributed by atoms with Gasteiger partial charge in [0.25, 0.3) is 0 Å². The molecule has 0 saturated carbocycles. The zero-order valence-corrected chi connectivity index (χ0v) is 10.8. The zero-order valence-electron chi connectivity index (χ0n) is 10.8. The summed E-state index contributed by atoms with van der Waals surface area (Å²) in [5.74, 6) is -0.556. The normalized spacial score (nSPS) is 10.0. The fourth-order valence-electron chi connectivity index (χ4n) is 1.81. The Morgan fingerprint density at radius 3 is 2.79 bits per heavy atom. The van der Waals surface area contributed by atoms with Gasteiger partial charge < -0.3 is 4.74 Å². The van der Waals surface area contributed by atoms with Gasteiger partial charge in [0.05, 0.1) is 24.6 Å². The highest BCUT2D eigenvalue weighted by Gasteiger charge is 2.18. The Balaban J connectivity index is 2.60. The number of nitriles is 1. The van der Waals surface area contributed by atoms with Crippen LogP contribution in [0.3, 0.4) is 0 Å². The van der Waals surface area contributed by atoms with Crippen molar-refractivity contribution < 1.29 is 9.53 Å². The van der Waals surface area contributed by atoms with Crippen LogP contribution in [0.1, 0.15) is 21.6 Å². The maximum atomic E-state index is 11.6. The highest BCUT2D eigenvalue weighted by atomic mass is 16.5. The number of nitrogens with zero attached hydrogens (tertiary/aromatic N) is 4. The maximum absolute atomic E-state index is 11.6. The largest absolute Gasteiger partial charge is 0.465 e. The number of aromatic nitrogens is 3. The standard InChI is InChI=1S/C13H12N4O2/c1-8-4-10(9-6-15-17(2)7-9)16-11(5-14)12(8)13(18)19-3/h4,6-7H,1-3H3. The first-order valence-electron chi connectivity index (χ1n) is 5.56. The van der Waals surface area contributed by atoms with Gasteiger partial charge in [-0.15, -0.1) is 0 Å². The third-order valence-corrected chi connectivity index (χ3v) is 2.71. The fraction of sp³-hybridized carbons (Fsp3) is 0.231. The Hall–Kier alpha value is -2.68. The molecule has 0 fully saturated rings. The number of carbonyl (C=O) groups is 1. The molecule has 0 bridgehead atoms. The lowest BCUT2D eigenvalue weighted by Crippen LogP contribution is -2.09. The topological polar surface area (TPSA) is 80.8 Å². The van der Waals surface area contributed by atoms with Crippen molar-refractivity contribution >= 4 is 5.97 Å². The van der Waals surface area contributed by atoms with E-state index in [0.29, 0.717) is 11.3 Å². The van der Waals surface area contributed by atoms with Crippen molar-refractivity contribution in [1.82, 2.24) is 14.8 Å². The van der Waals surface area contributed by atoms with E-state index in [1.54, 1.807) is 37.1 Å². The van der Waals surface area contributed by atoms with Crippen LogP contribution in [-0.2, 0) is 11.8 Å². The minimum atomic E-state index is -0.556. The molecule has 0 aliphatic rings. The molecule has 0 radical (unpaired) electrons. The van der Waals surface area contributed by atoms with Crippen molar-refractivity contribution in [3.05, 3.63) is 35.3 Å². The van der Waals surface area contributed by atoms with Gasteiger partial charge in [-0.3, -0.25) is 4.68 Å². The molecule has 2 heterocycles. The number of esters is 1. The number of carbonyl (C=O) groups excluding carboxylic acids is 1. The van der Waals surface area contributed by atoms with Gasteiger partial charge in [-0.25, -0.2) is 9.78 Å². The van der Waals surface area contributed by atoms with Gasteiger partial charge in [-0.1, -0.05) is 0 Å². The smallest absolute Gasteiger partial charge is 0.341 e. The average Bonchev–Trinajstić information content (AvgIpc) is 2.83. The Morgan fingerprint density at radius 2 is 2.26 bits per heavy atom. The monoisotopic (exact) mass is 256 g/mol. The lowest BCUT2D eigenvalue weighted by molar-refractivity contribution is 0.0599. The molecule has 96 valence electrons. The SMILES string of the molecule is COC(=O)c1c(C)cc(-c2cnn(C)c2)nc1C#N. The van der Waals surface area contributed by atoms with Crippen molar-refractivity contribution in [3.63, 3.8) is 0 Å². The first-order chi connectivity index (χ1) is 9.06. The zero-order chi connectivity index (χ0) is 14.0. The molecular formula is C13H12N4O2. The quantitative estimate of drug-likeness (QED) is 0.759. The van der Waals surface area contributed by atoms with Gasteiger partial charge in [0.1, 0.15) is 6.07 Å². The van der Waals surface area contributed by atoms with Gasteiger partial charge in [0, 0.05) is 18.8 Å². The molecule has 0 unspecified atom stereocenters. The molecule has 0 N–H and O–H groups in total. The van der Waals surface area contributed by atoms with Crippen molar-refractivity contribution in [2.75, 3.05) is 7.11 Å². The van der Waals surface area contributed by atoms with E-state index < -0.39 is 5.97 Å². The molecule has 0 aliphatic heterocycles. The predicted octanol–water partition coefficient (Wildman–Crippen LogP) is 1.45. The predicted molar refractivity (Wildman–Crippen MR) is 67.2 cm³/mol. The molecule has 19 heavy (non-hydrogen) atoms. The Labute approximate surface area is 110 Å². The summed E-state index contributed by atoms with van der Waals surface area (Å²) in [6.45, 7) is 1.74. The minimum Gasteiger partial charge on any atom is -0.465 e. The summed E-state index contributed by atoms with van der Waals surface area (Å²) in [5.41, 5.74) is 2.31. The third-order valence-electron chi connectivity index (χ3n) is 2.71. The number of rotatable bonds is 2. The van der Waals surface area contributed by atoms with Crippen LogP contribution in [0.5, 0.6) is 0 Å². The second-order valence-electron chi connectivity index (χ2n) is 4.05. The minimum absolute atomic E-state index is 0.0608. The van der Waals surface area contributed by atoms with E-state index in [1.807, 2.05) is 6.07 Å². The summed E-state index contributed by atoms with van der Waals surface area (Å²) in [4.78, 5) is 15.8. The highest BCUT2D eigenvalue weighted by Crippen LogP contribution is 2.22. The highest BCUT2D eigenvalue weighted by molar-refractivity contribution is 5.93. The molecule has 2 aromatic rings. The number of ether oxygens (including phenoxy) is 1. The molecule has 2 aromatic heterocycles. The van der Waals surface area contributed by atoms with Gasteiger partial charge in [0.15, 0.2) is 5.69 Å². The summed E-state index contributed by atoms with van der Waals surface area (Å²) >= 11 is 0. The van der Waals surface area contributed by atoms with Crippen LogP contribution < -0.4 is 0 Å². The number of aryl methyl sites for hydroxylation is 2. The number of pyridine rings is 1. The van der Waals surface area contributed by atoms with Crippen LogP contribution in [-0.4, -0.2) is 27.8 Å². The lowest BCUT2D eigenvalue weighted by atomic mass is 10.0. The van der Waals surface area contributed by atoms with E-state index in [0.717, 1.165) is 5.56 Å². The Kier molecular flexibility index (Phi) is 3.29. The van der Waals surface area contributed by atoms with E-state index in [2.05, 4.69) is 14.8 Å². The molecule has 0 amide bonds. The van der Waals surface area contributed by atoms with Crippen LogP contribution in [0, 0.1) is 18.3 Å². The van der Waals surface area contributed by atoms with E-state index in [9.17, 15) is 4.79 Å². The van der Waals surface area contributed by atoms with Crippen LogP contribution in [0.2, 0.25) is 0 Å². The molecule has 0 saturated heterocycles. The lowest BCUT2D eigenvalue weighted by Gasteiger charge is -2.07. The van der Waals surface area contributed by atoms with E-state index in [-0.39, 0.29) is 11.3 Å². The van der Waals surface area contributed by atoms with Crippen LogP contribution in [0.25, 0.3) is 11.3 Å². The molecule has 0 atom stereocenters. The average molecular weight is 256 g/mol. The molecule has 0 aromatic carbocycles. The van der Waals surface area contributed by atoms with Crippen molar-refractivity contribution in [2.45, 2.75) is 6.92 Å². The molecule has 2 rings (SSSR count). The van der Waals surface area contributed by atoms with Gasteiger partial charge in [-0.05, 0) is 18.6 Å². The Morgan fingerprint density at radius 1 is 1.53 bits per heavy atom. The molecule has 6 nitrogen and oxygen atoms in total. The molecule has 0 spiro atoms. The van der Waals surface area contributed by atoms with E-state index in [1.165, 1.54) is 7.11 Å². The molecule has 6 heteroatoms. The van der Waals surface area contributed by atoms with E-state index in [4.69, 9.17) is 5.26 Å². The summed E-state index contributed by atoms with van der Waals surface area (Å²) in [6.07, 6.45) is 3.45. The van der Waals surface area contributed by atoms with Crippen LogP contribution >= 0.6 is 0 Å². The number of methoxy groups -OCH3 is 1. The van der Waals surface area contributed by atoms with Crippen molar-refractivity contribution in [2.24, 2.45) is 7.05 Å². The summed E-state index contributed by atoms with van der Waals surface area (Å²) in [5, 5.41) is 13.2. The second kappa shape index (κ2) is 4.90. The Bertz CT molecular complexity index is 682. The number of hydrogen-bond acceptors (Lipinski definition) is 5. The molecular weight excluding hydrogens is 244 g/mol. The van der Waals surface area contributed by atoms with Crippen LogP contribution in [0.15, 0.2) is 18.5 Å². The summed E-state index contributed by atoms with van der Waals surface area (Å²) in [7, 11) is 3.07. The molecule has 0 aliphatic carbocycles. The number of hydrogen-bond donors (Lipinski definition) is 0. The second-order valence-corrected chi connectivity index (χ2v) is 4.05. The first kappa shape index (κ1) is 12.8. The van der Waals surface area contributed by atoms with E-state index >= 15 is 0 Å². The van der Waals surface area contributed by atoms with Crippen molar-refractivity contribution in [3.8, 4) is 17.3 Å². The summed E-state index contributed by atoms with van der Waals surface area (Å²) in [6, 6.07) is 3.67.